The van der Waals surface area contributed by atoms with Crippen LogP contribution in [0.25, 0.3) is 0 Å². The largest absolute Gasteiger partial charge is 0.504 e. The zero-order valence-electron chi connectivity index (χ0n) is 8.50. The Morgan fingerprint density at radius 2 is 2.25 bits per heavy atom. The van der Waals surface area contributed by atoms with Gasteiger partial charge in [-0.3, -0.25) is 0 Å². The quantitative estimate of drug-likeness (QED) is 0.769. The summed E-state index contributed by atoms with van der Waals surface area (Å²) in [5, 5.41) is 19.9. The number of rotatable bonds is 3. The first-order valence-electron chi connectivity index (χ1n) is 4.63. The van der Waals surface area contributed by atoms with Gasteiger partial charge in [-0.05, 0) is 12.5 Å². The number of carboxylic acid groups (broad SMARTS) is 1. The highest BCUT2D eigenvalue weighted by Crippen LogP contribution is 2.32. The Morgan fingerprint density at radius 3 is 2.75 bits per heavy atom. The van der Waals surface area contributed by atoms with Crippen molar-refractivity contribution < 1.29 is 19.4 Å². The SMILES string of the molecule is CC[C@@H](NC(=O)O)c1ccc(Cl)c(O)c1F. The smallest absolute Gasteiger partial charge is 0.405 e. The van der Waals surface area contributed by atoms with Crippen LogP contribution in [0.15, 0.2) is 12.1 Å². The van der Waals surface area contributed by atoms with Gasteiger partial charge in [0.2, 0.25) is 0 Å². The summed E-state index contributed by atoms with van der Waals surface area (Å²) >= 11 is 5.51. The van der Waals surface area contributed by atoms with Gasteiger partial charge in [-0.15, -0.1) is 0 Å². The molecule has 0 unspecified atom stereocenters. The lowest BCUT2D eigenvalue weighted by atomic mass is 10.0. The molecule has 1 atom stereocenters. The minimum Gasteiger partial charge on any atom is -0.504 e. The summed E-state index contributed by atoms with van der Waals surface area (Å²) in [6.45, 7) is 1.70. The second-order valence-corrected chi connectivity index (χ2v) is 3.62. The molecule has 0 saturated heterocycles. The Bertz CT molecular complexity index is 411. The van der Waals surface area contributed by atoms with E-state index in [1.54, 1.807) is 6.92 Å². The maximum absolute atomic E-state index is 13.6. The number of halogens is 2. The molecule has 4 nitrogen and oxygen atoms in total. The van der Waals surface area contributed by atoms with Gasteiger partial charge in [0.05, 0.1) is 11.1 Å². The molecule has 0 radical (unpaired) electrons. The van der Waals surface area contributed by atoms with E-state index in [0.717, 1.165) is 0 Å². The van der Waals surface area contributed by atoms with Gasteiger partial charge in [0.15, 0.2) is 11.6 Å². The predicted molar refractivity (Wildman–Crippen MR) is 57.3 cm³/mol. The van der Waals surface area contributed by atoms with Gasteiger partial charge >= 0.3 is 6.09 Å². The molecule has 1 aromatic carbocycles. The van der Waals surface area contributed by atoms with Crippen LogP contribution in [0.2, 0.25) is 5.02 Å². The normalized spacial score (nSPS) is 12.2. The first-order valence-corrected chi connectivity index (χ1v) is 5.01. The number of benzene rings is 1. The van der Waals surface area contributed by atoms with Crippen LogP contribution in [0.4, 0.5) is 9.18 Å². The van der Waals surface area contributed by atoms with Crippen molar-refractivity contribution in [3.63, 3.8) is 0 Å². The fourth-order valence-corrected chi connectivity index (χ4v) is 1.52. The van der Waals surface area contributed by atoms with E-state index in [2.05, 4.69) is 5.32 Å². The molecule has 3 N–H and O–H groups in total. The van der Waals surface area contributed by atoms with Gasteiger partial charge in [0, 0.05) is 5.56 Å². The monoisotopic (exact) mass is 247 g/mol. The summed E-state index contributed by atoms with van der Waals surface area (Å²) in [5.41, 5.74) is 0.0757. The van der Waals surface area contributed by atoms with Crippen molar-refractivity contribution in [3.8, 4) is 5.75 Å². The molecule has 1 rings (SSSR count). The zero-order valence-corrected chi connectivity index (χ0v) is 9.25. The number of phenolic OH excluding ortho intramolecular Hbond substituents is 1. The van der Waals surface area contributed by atoms with Crippen LogP contribution in [-0.2, 0) is 0 Å². The molecule has 0 fully saturated rings. The van der Waals surface area contributed by atoms with Crippen LogP contribution in [0.3, 0.4) is 0 Å². The topological polar surface area (TPSA) is 69.6 Å². The summed E-state index contributed by atoms with van der Waals surface area (Å²) < 4.78 is 13.6. The summed E-state index contributed by atoms with van der Waals surface area (Å²) in [7, 11) is 0. The Kier molecular flexibility index (Phi) is 3.95. The van der Waals surface area contributed by atoms with Crippen molar-refractivity contribution in [2.24, 2.45) is 0 Å². The van der Waals surface area contributed by atoms with Gasteiger partial charge in [-0.1, -0.05) is 24.6 Å². The Hall–Kier alpha value is -1.49. The third-order valence-electron chi connectivity index (χ3n) is 2.18. The van der Waals surface area contributed by atoms with Crippen molar-refractivity contribution in [2.45, 2.75) is 19.4 Å². The van der Waals surface area contributed by atoms with Gasteiger partial charge in [0.25, 0.3) is 0 Å². The number of aromatic hydroxyl groups is 1. The zero-order chi connectivity index (χ0) is 12.3. The molecule has 0 spiro atoms. The van der Waals surface area contributed by atoms with E-state index in [9.17, 15) is 14.3 Å². The molecular weight excluding hydrogens is 237 g/mol. The molecule has 88 valence electrons. The van der Waals surface area contributed by atoms with E-state index in [1.807, 2.05) is 0 Å². The van der Waals surface area contributed by atoms with Crippen molar-refractivity contribution in [2.75, 3.05) is 0 Å². The highest BCUT2D eigenvalue weighted by molar-refractivity contribution is 6.32. The molecule has 1 aromatic rings. The average Bonchev–Trinajstić information content (AvgIpc) is 2.23. The fraction of sp³-hybridized carbons (Fsp3) is 0.300. The van der Waals surface area contributed by atoms with Crippen LogP contribution < -0.4 is 5.32 Å². The number of amides is 1. The number of hydrogen-bond acceptors (Lipinski definition) is 2. The van der Waals surface area contributed by atoms with Crippen LogP contribution in [0.1, 0.15) is 24.9 Å². The molecule has 0 aliphatic carbocycles. The molecule has 1 amide bonds. The predicted octanol–water partition coefficient (Wildman–Crippen LogP) is 2.90. The van der Waals surface area contributed by atoms with E-state index in [-0.39, 0.29) is 10.6 Å². The lowest BCUT2D eigenvalue weighted by molar-refractivity contribution is 0.189. The molecule has 0 aliphatic rings. The average molecular weight is 248 g/mol. The van der Waals surface area contributed by atoms with E-state index in [1.165, 1.54) is 12.1 Å². The molecular formula is C10H11ClFNO3. The van der Waals surface area contributed by atoms with Crippen molar-refractivity contribution in [1.29, 1.82) is 0 Å². The third-order valence-corrected chi connectivity index (χ3v) is 2.48. The second-order valence-electron chi connectivity index (χ2n) is 3.21. The molecule has 16 heavy (non-hydrogen) atoms. The summed E-state index contributed by atoms with van der Waals surface area (Å²) in [6, 6.07) is 1.96. The molecule has 0 aliphatic heterocycles. The Labute approximate surface area is 96.7 Å². The Balaban J connectivity index is 3.11. The molecule has 0 heterocycles. The minimum absolute atomic E-state index is 0.0757. The lowest BCUT2D eigenvalue weighted by Gasteiger charge is -2.16. The van der Waals surface area contributed by atoms with E-state index in [0.29, 0.717) is 6.42 Å². The van der Waals surface area contributed by atoms with Crippen molar-refractivity contribution in [1.82, 2.24) is 5.32 Å². The molecule has 6 heteroatoms. The fourth-order valence-electron chi connectivity index (χ4n) is 1.37. The maximum Gasteiger partial charge on any atom is 0.405 e. The molecule has 0 bridgehead atoms. The highest BCUT2D eigenvalue weighted by atomic mass is 35.5. The van der Waals surface area contributed by atoms with Gasteiger partial charge < -0.3 is 15.5 Å². The maximum atomic E-state index is 13.6. The van der Waals surface area contributed by atoms with Crippen molar-refractivity contribution in [3.05, 3.63) is 28.5 Å². The summed E-state index contributed by atoms with van der Waals surface area (Å²) in [6.07, 6.45) is -0.884. The lowest BCUT2D eigenvalue weighted by Crippen LogP contribution is -2.26. The van der Waals surface area contributed by atoms with Gasteiger partial charge in [-0.25, -0.2) is 9.18 Å². The van der Waals surface area contributed by atoms with Gasteiger partial charge in [0.1, 0.15) is 0 Å². The third kappa shape index (κ3) is 2.55. The minimum atomic E-state index is -1.25. The second kappa shape index (κ2) is 5.03. The number of carbonyl (C=O) groups is 1. The van der Waals surface area contributed by atoms with Crippen LogP contribution in [-0.4, -0.2) is 16.3 Å². The summed E-state index contributed by atoms with van der Waals surface area (Å²) in [5.74, 6) is -1.56. The van der Waals surface area contributed by atoms with Gasteiger partial charge in [-0.2, -0.15) is 0 Å². The highest BCUT2D eigenvalue weighted by Gasteiger charge is 2.19. The van der Waals surface area contributed by atoms with E-state index < -0.39 is 23.7 Å². The first kappa shape index (κ1) is 12.6. The number of nitrogens with one attached hydrogen (secondary N) is 1. The van der Waals surface area contributed by atoms with Crippen LogP contribution in [0, 0.1) is 5.82 Å². The Morgan fingerprint density at radius 1 is 1.62 bits per heavy atom. The summed E-state index contributed by atoms with van der Waals surface area (Å²) in [4.78, 5) is 10.5. The first-order chi connectivity index (χ1) is 7.47. The van der Waals surface area contributed by atoms with E-state index in [4.69, 9.17) is 16.7 Å². The molecule has 0 saturated carbocycles. The van der Waals surface area contributed by atoms with Crippen molar-refractivity contribution >= 4 is 17.7 Å². The number of hydrogen-bond donors (Lipinski definition) is 3. The number of phenols is 1. The van der Waals surface area contributed by atoms with Crippen LogP contribution >= 0.6 is 11.6 Å². The molecule has 0 aromatic heterocycles. The van der Waals surface area contributed by atoms with E-state index >= 15 is 0 Å². The standard InChI is InChI=1S/C10H11ClFNO3/c1-2-7(13-10(15)16)5-3-4-6(11)9(14)8(5)12/h3-4,7,13-14H,2H2,1H3,(H,15,16)/t7-/m1/s1. The van der Waals surface area contributed by atoms with Crippen LogP contribution in [0.5, 0.6) is 5.75 Å².